The quantitative estimate of drug-likeness (QED) is 0.586. The SMILES string of the molecule is CC.CC.CCC1CCOCC1. The van der Waals surface area contributed by atoms with Crippen LogP contribution in [0, 0.1) is 5.92 Å². The molecule has 0 saturated carbocycles. The molecule has 0 aliphatic carbocycles. The molecule has 1 rings (SSSR count). The minimum Gasteiger partial charge on any atom is -0.381 e. The van der Waals surface area contributed by atoms with Crippen LogP contribution in [0.1, 0.15) is 53.9 Å². The lowest BCUT2D eigenvalue weighted by molar-refractivity contribution is 0.0654. The molecule has 1 heterocycles. The predicted molar refractivity (Wildman–Crippen MR) is 56.5 cm³/mol. The van der Waals surface area contributed by atoms with Gasteiger partial charge in [-0.15, -0.1) is 0 Å². The van der Waals surface area contributed by atoms with Crippen molar-refractivity contribution in [1.29, 1.82) is 0 Å². The fraction of sp³-hybridized carbons (Fsp3) is 1.00. The van der Waals surface area contributed by atoms with E-state index in [1.807, 2.05) is 27.7 Å². The first-order chi connectivity index (χ1) is 5.93. The second kappa shape index (κ2) is 13.5. The molecular weight excluding hydrogens is 148 g/mol. The minimum atomic E-state index is 0.962. The third-order valence-electron chi connectivity index (χ3n) is 1.92. The Morgan fingerprint density at radius 2 is 1.42 bits per heavy atom. The molecule has 0 spiro atoms. The standard InChI is InChI=1S/C7H14O.2C2H6/c1-2-7-3-5-8-6-4-7;2*1-2/h7H,2-6H2,1H3;2*1-2H3. The maximum absolute atomic E-state index is 5.20. The summed E-state index contributed by atoms with van der Waals surface area (Å²) in [5.41, 5.74) is 0. The molecule has 1 saturated heterocycles. The molecule has 1 heteroatoms. The summed E-state index contributed by atoms with van der Waals surface area (Å²) >= 11 is 0. The summed E-state index contributed by atoms with van der Waals surface area (Å²) in [7, 11) is 0. The smallest absolute Gasteiger partial charge is 0.0468 e. The summed E-state index contributed by atoms with van der Waals surface area (Å²) in [5, 5.41) is 0. The normalized spacial score (nSPS) is 16.8. The van der Waals surface area contributed by atoms with Crippen LogP contribution in [0.4, 0.5) is 0 Å². The Bertz CT molecular complexity index is 56.0. The highest BCUT2D eigenvalue weighted by Crippen LogP contribution is 2.16. The maximum Gasteiger partial charge on any atom is 0.0468 e. The van der Waals surface area contributed by atoms with E-state index in [-0.39, 0.29) is 0 Å². The van der Waals surface area contributed by atoms with Gasteiger partial charge in [0.25, 0.3) is 0 Å². The van der Waals surface area contributed by atoms with Gasteiger partial charge in [-0.05, 0) is 18.8 Å². The van der Waals surface area contributed by atoms with Gasteiger partial charge in [0.2, 0.25) is 0 Å². The van der Waals surface area contributed by atoms with Crippen LogP contribution in [0.25, 0.3) is 0 Å². The van der Waals surface area contributed by atoms with E-state index in [0.29, 0.717) is 0 Å². The predicted octanol–water partition coefficient (Wildman–Crippen LogP) is 3.88. The van der Waals surface area contributed by atoms with Crippen LogP contribution < -0.4 is 0 Å². The Morgan fingerprint density at radius 1 is 1.00 bits per heavy atom. The van der Waals surface area contributed by atoms with E-state index in [0.717, 1.165) is 19.1 Å². The van der Waals surface area contributed by atoms with Crippen molar-refractivity contribution in [3.05, 3.63) is 0 Å². The molecule has 0 bridgehead atoms. The lowest BCUT2D eigenvalue weighted by Gasteiger charge is -2.19. The van der Waals surface area contributed by atoms with E-state index in [4.69, 9.17) is 4.74 Å². The summed E-state index contributed by atoms with van der Waals surface area (Å²) in [6.45, 7) is 12.3. The van der Waals surface area contributed by atoms with Crippen LogP contribution in [-0.4, -0.2) is 13.2 Å². The second-order valence-electron chi connectivity index (χ2n) is 2.46. The van der Waals surface area contributed by atoms with Crippen LogP contribution in [-0.2, 0) is 4.74 Å². The van der Waals surface area contributed by atoms with Crippen molar-refractivity contribution < 1.29 is 4.74 Å². The molecule has 0 unspecified atom stereocenters. The Balaban J connectivity index is 0. The van der Waals surface area contributed by atoms with Gasteiger partial charge < -0.3 is 4.74 Å². The van der Waals surface area contributed by atoms with Gasteiger partial charge in [-0.1, -0.05) is 41.0 Å². The van der Waals surface area contributed by atoms with E-state index in [9.17, 15) is 0 Å². The van der Waals surface area contributed by atoms with E-state index >= 15 is 0 Å². The van der Waals surface area contributed by atoms with Gasteiger partial charge in [-0.2, -0.15) is 0 Å². The first-order valence-electron chi connectivity index (χ1n) is 5.51. The minimum absolute atomic E-state index is 0.962. The first-order valence-corrected chi connectivity index (χ1v) is 5.51. The number of hydrogen-bond donors (Lipinski definition) is 0. The maximum atomic E-state index is 5.20. The topological polar surface area (TPSA) is 9.23 Å². The molecule has 1 aliphatic rings. The molecule has 76 valence electrons. The van der Waals surface area contributed by atoms with Gasteiger partial charge in [-0.25, -0.2) is 0 Å². The molecule has 0 amide bonds. The fourth-order valence-electron chi connectivity index (χ4n) is 1.15. The highest BCUT2D eigenvalue weighted by Gasteiger charge is 2.09. The molecule has 0 radical (unpaired) electrons. The van der Waals surface area contributed by atoms with Crippen LogP contribution >= 0.6 is 0 Å². The number of rotatable bonds is 1. The van der Waals surface area contributed by atoms with Gasteiger partial charge in [0, 0.05) is 13.2 Å². The van der Waals surface area contributed by atoms with Crippen LogP contribution in [0.3, 0.4) is 0 Å². The summed E-state index contributed by atoms with van der Waals surface area (Å²) in [4.78, 5) is 0. The van der Waals surface area contributed by atoms with Crippen molar-refractivity contribution >= 4 is 0 Å². The zero-order valence-electron chi connectivity index (χ0n) is 9.52. The average Bonchev–Trinajstić information content (AvgIpc) is 2.25. The monoisotopic (exact) mass is 174 g/mol. The van der Waals surface area contributed by atoms with Gasteiger partial charge >= 0.3 is 0 Å². The molecule has 0 aromatic carbocycles. The van der Waals surface area contributed by atoms with Crippen molar-refractivity contribution in [2.75, 3.05) is 13.2 Å². The van der Waals surface area contributed by atoms with Gasteiger partial charge in [0.1, 0.15) is 0 Å². The highest BCUT2D eigenvalue weighted by molar-refractivity contribution is 4.60. The van der Waals surface area contributed by atoms with E-state index in [2.05, 4.69) is 6.92 Å². The lowest BCUT2D eigenvalue weighted by atomic mass is 9.98. The third-order valence-corrected chi connectivity index (χ3v) is 1.92. The number of ether oxygens (including phenoxy) is 1. The van der Waals surface area contributed by atoms with Crippen molar-refractivity contribution in [2.45, 2.75) is 53.9 Å². The largest absolute Gasteiger partial charge is 0.381 e. The zero-order chi connectivity index (χ0) is 9.82. The molecular formula is C11H26O. The Labute approximate surface area is 78.5 Å². The van der Waals surface area contributed by atoms with Crippen molar-refractivity contribution in [1.82, 2.24) is 0 Å². The summed E-state index contributed by atoms with van der Waals surface area (Å²) in [6.07, 6.45) is 3.91. The molecule has 1 aliphatic heterocycles. The molecule has 0 N–H and O–H groups in total. The van der Waals surface area contributed by atoms with Crippen molar-refractivity contribution in [3.63, 3.8) is 0 Å². The molecule has 0 aromatic heterocycles. The summed E-state index contributed by atoms with van der Waals surface area (Å²) in [5.74, 6) is 0.962. The van der Waals surface area contributed by atoms with Crippen LogP contribution in [0.5, 0.6) is 0 Å². The summed E-state index contributed by atoms with van der Waals surface area (Å²) in [6, 6.07) is 0. The third kappa shape index (κ3) is 8.06. The van der Waals surface area contributed by atoms with E-state index < -0.39 is 0 Å². The average molecular weight is 174 g/mol. The van der Waals surface area contributed by atoms with Crippen LogP contribution in [0.2, 0.25) is 0 Å². The van der Waals surface area contributed by atoms with E-state index in [1.165, 1.54) is 19.3 Å². The first kappa shape index (κ1) is 14.5. The van der Waals surface area contributed by atoms with Crippen molar-refractivity contribution in [3.8, 4) is 0 Å². The fourth-order valence-corrected chi connectivity index (χ4v) is 1.15. The van der Waals surface area contributed by atoms with Gasteiger partial charge in [-0.3, -0.25) is 0 Å². The van der Waals surface area contributed by atoms with Gasteiger partial charge in [0.05, 0.1) is 0 Å². The van der Waals surface area contributed by atoms with Gasteiger partial charge in [0.15, 0.2) is 0 Å². The highest BCUT2D eigenvalue weighted by atomic mass is 16.5. The Kier molecular flexibility index (Phi) is 16.3. The van der Waals surface area contributed by atoms with E-state index in [1.54, 1.807) is 0 Å². The summed E-state index contributed by atoms with van der Waals surface area (Å²) < 4.78 is 5.20. The number of hydrogen-bond acceptors (Lipinski definition) is 1. The Hall–Kier alpha value is -0.0400. The van der Waals surface area contributed by atoms with Crippen molar-refractivity contribution in [2.24, 2.45) is 5.92 Å². The molecule has 12 heavy (non-hydrogen) atoms. The molecule has 1 nitrogen and oxygen atoms in total. The Morgan fingerprint density at radius 3 is 1.67 bits per heavy atom. The lowest BCUT2D eigenvalue weighted by Crippen LogP contribution is -2.14. The zero-order valence-corrected chi connectivity index (χ0v) is 9.52. The molecule has 1 fully saturated rings. The molecule has 0 atom stereocenters. The molecule has 0 aromatic rings. The second-order valence-corrected chi connectivity index (χ2v) is 2.46. The van der Waals surface area contributed by atoms with Crippen LogP contribution in [0.15, 0.2) is 0 Å².